The number of hydrogen-bond donors (Lipinski definition) is 2. The smallest absolute Gasteiger partial charge is 0.410 e. The van der Waals surface area contributed by atoms with Crippen molar-refractivity contribution in [2.24, 2.45) is 0 Å². The summed E-state index contributed by atoms with van der Waals surface area (Å²) >= 11 is 0. The van der Waals surface area contributed by atoms with Crippen molar-refractivity contribution >= 4 is 23.6 Å². The van der Waals surface area contributed by atoms with Crippen LogP contribution >= 0.6 is 0 Å². The van der Waals surface area contributed by atoms with E-state index in [2.05, 4.69) is 0 Å². The van der Waals surface area contributed by atoms with Crippen LogP contribution in [-0.2, 0) is 9.47 Å². The van der Waals surface area contributed by atoms with Crippen LogP contribution in [0.1, 0.15) is 81.6 Å². The molecule has 0 spiro atoms. The summed E-state index contributed by atoms with van der Waals surface area (Å²) in [5.41, 5.74) is 5.39. The minimum atomic E-state index is -0.525. The quantitative estimate of drug-likeness (QED) is 0.190. The van der Waals surface area contributed by atoms with Crippen LogP contribution in [0.3, 0.4) is 0 Å². The fourth-order valence-electron chi connectivity index (χ4n) is 4.63. The molecule has 2 heterocycles. The molecule has 270 valence electrons. The zero-order valence-electron chi connectivity index (χ0n) is 28.8. The van der Waals surface area contributed by atoms with E-state index in [1.807, 2.05) is 65.8 Å². The van der Waals surface area contributed by atoms with E-state index < -0.39 is 16.1 Å². The second kappa shape index (κ2) is 19.5. The van der Waals surface area contributed by atoms with E-state index >= 15 is 0 Å². The van der Waals surface area contributed by atoms with E-state index in [-0.39, 0.29) is 44.1 Å². The highest BCUT2D eigenvalue weighted by atomic mass is 16.6. The third-order valence-electron chi connectivity index (χ3n) is 6.59. The molecule has 2 atom stereocenters. The van der Waals surface area contributed by atoms with Gasteiger partial charge in [-0.25, -0.2) is 9.59 Å². The molecule has 0 bridgehead atoms. The molecule has 3 N–H and O–H groups in total. The largest absolute Gasteiger partial charge is 0.489 e. The van der Waals surface area contributed by atoms with Gasteiger partial charge in [-0.2, -0.15) is 0 Å². The number of ether oxygens (including phenoxy) is 4. The van der Waals surface area contributed by atoms with Crippen LogP contribution in [0.4, 0.5) is 21.0 Å². The number of piperidine rings is 2. The molecular formula is C35H56N4O9. The summed E-state index contributed by atoms with van der Waals surface area (Å²) < 4.78 is 22.5. The number of nitrogens with two attached hydrogens (primary N) is 1. The number of likely N-dealkylation sites (tertiary alicyclic amines) is 2. The summed E-state index contributed by atoms with van der Waals surface area (Å²) in [6.45, 7) is 15.4. The van der Waals surface area contributed by atoms with Crippen LogP contribution in [0.25, 0.3) is 0 Å². The molecule has 2 saturated heterocycles. The molecule has 13 nitrogen and oxygen atoms in total. The Bertz CT molecular complexity index is 1260. The summed E-state index contributed by atoms with van der Waals surface area (Å²) in [5, 5.41) is 18.2. The van der Waals surface area contributed by atoms with E-state index in [9.17, 15) is 19.7 Å². The van der Waals surface area contributed by atoms with Gasteiger partial charge in [-0.3, -0.25) is 10.1 Å². The molecule has 2 amide bonds. The Balaban J connectivity index is 0.000000437. The van der Waals surface area contributed by atoms with Gasteiger partial charge in [0.1, 0.15) is 34.9 Å². The molecule has 0 aliphatic carbocycles. The van der Waals surface area contributed by atoms with Gasteiger partial charge >= 0.3 is 12.2 Å². The number of nitrogens with zero attached hydrogens (tertiary/aromatic N) is 3. The van der Waals surface area contributed by atoms with Crippen molar-refractivity contribution in [2.75, 3.05) is 38.5 Å². The Morgan fingerprint density at radius 1 is 0.812 bits per heavy atom. The van der Waals surface area contributed by atoms with Crippen LogP contribution in [0.2, 0.25) is 0 Å². The van der Waals surface area contributed by atoms with Crippen LogP contribution in [0.5, 0.6) is 11.5 Å². The number of benzene rings is 2. The molecule has 0 aromatic heterocycles. The van der Waals surface area contributed by atoms with Gasteiger partial charge < -0.3 is 39.6 Å². The predicted molar refractivity (Wildman–Crippen MR) is 186 cm³/mol. The third kappa shape index (κ3) is 16.0. The normalized spacial score (nSPS) is 17.6. The van der Waals surface area contributed by atoms with Gasteiger partial charge in [0.25, 0.3) is 5.69 Å². The van der Waals surface area contributed by atoms with Crippen molar-refractivity contribution in [3.8, 4) is 11.5 Å². The van der Waals surface area contributed by atoms with Crippen LogP contribution in [-0.4, -0.2) is 88.2 Å². The molecule has 0 saturated carbocycles. The van der Waals surface area contributed by atoms with Crippen molar-refractivity contribution < 1.29 is 38.6 Å². The van der Waals surface area contributed by atoms with Crippen molar-refractivity contribution in [3.63, 3.8) is 0 Å². The van der Waals surface area contributed by atoms with Gasteiger partial charge in [-0.05, 0) is 111 Å². The first-order valence-corrected chi connectivity index (χ1v) is 16.0. The first-order chi connectivity index (χ1) is 22.0. The Morgan fingerprint density at radius 2 is 1.17 bits per heavy atom. The lowest BCUT2D eigenvalue weighted by molar-refractivity contribution is -0.384. The highest BCUT2D eigenvalue weighted by Crippen LogP contribution is 2.23. The lowest BCUT2D eigenvalue weighted by atomic mass is 10.1. The van der Waals surface area contributed by atoms with Gasteiger partial charge in [-0.15, -0.1) is 0 Å². The predicted octanol–water partition coefficient (Wildman–Crippen LogP) is 7.05. The molecule has 13 heteroatoms. The highest BCUT2D eigenvalue weighted by molar-refractivity contribution is 5.68. The molecular weight excluding hydrogens is 620 g/mol. The maximum absolute atomic E-state index is 12.1. The molecule has 0 radical (unpaired) electrons. The molecule has 2 aromatic carbocycles. The molecule has 48 heavy (non-hydrogen) atoms. The molecule has 2 unspecified atom stereocenters. The zero-order valence-corrected chi connectivity index (χ0v) is 28.8. The Labute approximate surface area is 285 Å². The number of aliphatic hydroxyl groups is 1. The van der Waals surface area contributed by atoms with Gasteiger partial charge in [0, 0.05) is 37.5 Å². The average Bonchev–Trinajstić information content (AvgIpc) is 2.98. The van der Waals surface area contributed by atoms with Crippen molar-refractivity contribution in [2.45, 2.75) is 105 Å². The number of amides is 2. The maximum Gasteiger partial charge on any atom is 0.410 e. The second-order valence-corrected chi connectivity index (χ2v) is 13.3. The maximum atomic E-state index is 12.1. The van der Waals surface area contributed by atoms with Crippen LogP contribution < -0.4 is 15.2 Å². The standard InChI is InChI=1S/C16H22N2O5.C16H24N2O3.C2H6O.CH4/c1-16(2,3)23-15(19)17-10-4-5-14(11-17)22-13-8-6-12(7-9-13)18(20)21;1-16(2,3)21-15(19)18-10-4-5-14(11-18)20-13-8-6-12(17)7-9-13;1-2-3;/h6-9,14H,4-5,10-11H2,1-3H3;6-9,14H,4-5,10-11,17H2,1-3H3;3H,2H2,1H3;1H4. The van der Waals surface area contributed by atoms with E-state index in [1.54, 1.807) is 28.9 Å². The number of carbonyl (C=O) groups excluding carboxylic acids is 2. The summed E-state index contributed by atoms with van der Waals surface area (Å²) in [6.07, 6.45) is 2.76. The fraction of sp³-hybridized carbons (Fsp3) is 0.600. The minimum Gasteiger partial charge on any atom is -0.489 e. The lowest BCUT2D eigenvalue weighted by Gasteiger charge is -2.34. The summed E-state index contributed by atoms with van der Waals surface area (Å²) in [6, 6.07) is 13.3. The van der Waals surface area contributed by atoms with Crippen LogP contribution in [0, 0.1) is 10.1 Å². The lowest BCUT2D eigenvalue weighted by Crippen LogP contribution is -2.46. The number of nitro groups is 1. The fourth-order valence-corrected chi connectivity index (χ4v) is 4.63. The number of non-ortho nitro benzene ring substituents is 1. The summed E-state index contributed by atoms with van der Waals surface area (Å²) in [4.78, 5) is 37.7. The van der Waals surface area contributed by atoms with Gasteiger partial charge in [0.2, 0.25) is 0 Å². The van der Waals surface area contributed by atoms with Gasteiger partial charge in [0.05, 0.1) is 18.0 Å². The topological polar surface area (TPSA) is 167 Å². The highest BCUT2D eigenvalue weighted by Gasteiger charge is 2.30. The zero-order chi connectivity index (χ0) is 35.2. The van der Waals surface area contributed by atoms with Crippen molar-refractivity contribution in [3.05, 3.63) is 58.6 Å². The van der Waals surface area contributed by atoms with E-state index in [4.69, 9.17) is 29.8 Å². The average molecular weight is 677 g/mol. The molecule has 2 aromatic rings. The van der Waals surface area contributed by atoms with E-state index in [0.717, 1.165) is 38.0 Å². The number of nitro benzene ring substituents is 1. The Hall–Kier alpha value is -4.26. The first kappa shape index (κ1) is 41.8. The summed E-state index contributed by atoms with van der Waals surface area (Å²) in [7, 11) is 0. The Morgan fingerprint density at radius 3 is 1.50 bits per heavy atom. The Kier molecular flexibility index (Phi) is 17.0. The number of nitrogen functional groups attached to an aromatic ring is 1. The second-order valence-electron chi connectivity index (χ2n) is 13.3. The minimum absolute atomic E-state index is 0. The number of rotatable bonds is 5. The van der Waals surface area contributed by atoms with E-state index in [1.165, 1.54) is 12.1 Å². The van der Waals surface area contributed by atoms with Gasteiger partial charge in [0.15, 0.2) is 0 Å². The number of aliphatic hydroxyl groups excluding tert-OH is 1. The SMILES string of the molecule is C.CC(C)(C)OC(=O)N1CCCC(Oc2ccc(N)cc2)C1.CC(C)(C)OC(=O)N1CCCC(Oc2ccc([N+](=O)[O-])cc2)C1.CCO. The molecule has 2 fully saturated rings. The number of hydrogen-bond acceptors (Lipinski definition) is 10. The monoisotopic (exact) mass is 676 g/mol. The molecule has 2 aliphatic rings. The summed E-state index contributed by atoms with van der Waals surface area (Å²) in [5.74, 6) is 1.34. The molecule has 2 aliphatic heterocycles. The van der Waals surface area contributed by atoms with Crippen molar-refractivity contribution in [1.29, 1.82) is 0 Å². The molecule has 4 rings (SSSR count). The van der Waals surface area contributed by atoms with Crippen molar-refractivity contribution in [1.82, 2.24) is 9.80 Å². The third-order valence-corrected chi connectivity index (χ3v) is 6.59. The number of carbonyl (C=O) groups is 2. The van der Waals surface area contributed by atoms with E-state index in [0.29, 0.717) is 31.1 Å². The first-order valence-electron chi connectivity index (χ1n) is 16.0. The van der Waals surface area contributed by atoms with Crippen LogP contribution in [0.15, 0.2) is 48.5 Å². The number of anilines is 1. The van der Waals surface area contributed by atoms with Gasteiger partial charge in [-0.1, -0.05) is 7.43 Å².